The van der Waals surface area contributed by atoms with Crippen molar-refractivity contribution in [2.24, 2.45) is 11.8 Å². The molecule has 0 aromatic carbocycles. The van der Waals surface area contributed by atoms with Gasteiger partial charge in [-0.2, -0.15) is 0 Å². The van der Waals surface area contributed by atoms with Gasteiger partial charge < -0.3 is 63.6 Å². The molecule has 0 aromatic rings. The first-order chi connectivity index (χ1) is 23.5. The van der Waals surface area contributed by atoms with E-state index in [9.17, 15) is 30.3 Å². The van der Waals surface area contributed by atoms with Crippen LogP contribution in [0.2, 0.25) is 0 Å². The average Bonchev–Trinajstić information content (AvgIpc) is 3.03. The minimum absolute atomic E-state index is 0.00740. The molecule has 0 radical (unpaired) electrons. The fourth-order valence-electron chi connectivity index (χ4n) is 7.33. The molecule has 0 saturated carbocycles. The quantitative estimate of drug-likeness (QED) is 0.215. The zero-order chi connectivity index (χ0) is 37.3. The van der Waals surface area contributed by atoms with Gasteiger partial charge in [-0.3, -0.25) is 4.79 Å². The number of aliphatic hydroxyl groups is 5. The van der Waals surface area contributed by atoms with Crippen molar-refractivity contribution in [3.05, 3.63) is 24.3 Å². The van der Waals surface area contributed by atoms with Gasteiger partial charge in [0, 0.05) is 33.7 Å². The molecule has 16 atom stereocenters. The second kappa shape index (κ2) is 19.5. The summed E-state index contributed by atoms with van der Waals surface area (Å²) in [5, 5.41) is 54.3. The molecule has 3 aliphatic heterocycles. The molecule has 0 unspecified atom stereocenters. The molecule has 0 spiro atoms. The molecule has 0 amide bonds. The Morgan fingerprint density at radius 2 is 1.66 bits per heavy atom. The third kappa shape index (κ3) is 11.2. The molecule has 5 N–H and O–H groups in total. The lowest BCUT2D eigenvalue weighted by Gasteiger charge is -2.50. The molecule has 3 aliphatic rings. The average molecular weight is 718 g/mol. The number of methoxy groups -OCH3 is 2. The van der Waals surface area contributed by atoms with Gasteiger partial charge >= 0.3 is 5.97 Å². The summed E-state index contributed by atoms with van der Waals surface area (Å²) in [6.45, 7) is 8.47. The van der Waals surface area contributed by atoms with Crippen LogP contribution in [0.15, 0.2) is 24.3 Å². The number of ether oxygens (including phenoxy) is 7. The summed E-state index contributed by atoms with van der Waals surface area (Å²) >= 11 is 0. The van der Waals surface area contributed by atoms with E-state index in [0.717, 1.165) is 0 Å². The number of esters is 1. The van der Waals surface area contributed by atoms with Crippen molar-refractivity contribution in [2.75, 3.05) is 34.9 Å². The van der Waals surface area contributed by atoms with Crippen LogP contribution >= 0.6 is 0 Å². The van der Waals surface area contributed by atoms with E-state index in [2.05, 4.69) is 0 Å². The number of likely N-dealkylation sites (N-methyl/N-ethyl adjacent to an activating group) is 1. The smallest absolute Gasteiger partial charge is 0.308 e. The van der Waals surface area contributed by atoms with Crippen molar-refractivity contribution in [3.8, 4) is 0 Å². The van der Waals surface area contributed by atoms with Crippen molar-refractivity contribution in [1.29, 1.82) is 0 Å². The number of cyclic esters (lactones) is 1. The highest BCUT2D eigenvalue weighted by Crippen LogP contribution is 2.37. The summed E-state index contributed by atoms with van der Waals surface area (Å²) in [6, 6.07) is -0.670. The Bertz CT molecular complexity index is 1090. The second-order valence-electron chi connectivity index (χ2n) is 14.6. The highest BCUT2D eigenvalue weighted by Gasteiger charge is 2.51. The Morgan fingerprint density at radius 3 is 2.26 bits per heavy atom. The molecule has 0 aliphatic carbocycles. The Kier molecular flexibility index (Phi) is 16.7. The normalized spacial score (nSPS) is 45.6. The maximum Gasteiger partial charge on any atom is 0.308 e. The molecule has 3 rings (SSSR count). The number of allylic oxidation sites excluding steroid dienone is 2. The summed E-state index contributed by atoms with van der Waals surface area (Å²) in [5.41, 5.74) is -1.44. The van der Waals surface area contributed by atoms with Crippen molar-refractivity contribution < 1.29 is 63.5 Å². The van der Waals surface area contributed by atoms with Crippen molar-refractivity contribution in [1.82, 2.24) is 4.90 Å². The van der Waals surface area contributed by atoms with Crippen LogP contribution < -0.4 is 0 Å². The topological polar surface area (TPSA) is 186 Å². The number of carbonyl (C=O) groups excluding carboxylic acids is 1. The van der Waals surface area contributed by atoms with E-state index in [1.807, 2.05) is 13.0 Å². The lowest BCUT2D eigenvalue weighted by Crippen LogP contribution is -2.65. The maximum atomic E-state index is 13.1. The molecule has 2 saturated heterocycles. The minimum Gasteiger partial charge on any atom is -0.462 e. The zero-order valence-electron chi connectivity index (χ0n) is 31.2. The predicted octanol–water partition coefficient (Wildman–Crippen LogP) is 1.29. The van der Waals surface area contributed by atoms with Crippen LogP contribution in [0.4, 0.5) is 0 Å². The molecule has 2 fully saturated rings. The van der Waals surface area contributed by atoms with E-state index in [1.165, 1.54) is 21.1 Å². The lowest BCUT2D eigenvalue weighted by molar-refractivity contribution is -0.344. The van der Waals surface area contributed by atoms with Crippen LogP contribution in [0.5, 0.6) is 0 Å². The number of hydrogen-bond acceptors (Lipinski definition) is 14. The van der Waals surface area contributed by atoms with Crippen LogP contribution in [-0.4, -0.2) is 157 Å². The Hall–Kier alpha value is -1.53. The van der Waals surface area contributed by atoms with Crippen molar-refractivity contribution >= 4 is 5.97 Å². The maximum absolute atomic E-state index is 13.1. The summed E-state index contributed by atoms with van der Waals surface area (Å²) in [4.78, 5) is 14.9. The highest BCUT2D eigenvalue weighted by molar-refractivity contribution is 5.70. The first kappa shape index (κ1) is 42.9. The zero-order valence-corrected chi connectivity index (χ0v) is 31.2. The SMILES string of the molecule is CO[C@H]1[C@@H](O[C@@H]2O[C@H](C)[C@H](O[C@@H]3C[C@@](C)(O)[C@H](O)[C@@H](C)O3)[C@H](N(C)C)[C@H]2O)[C@@H](CCO)C[C@H](C)[C@@H](O)/C=C/C=C/C[C@H](C)OC(=O)C[C@H]1OC. The van der Waals surface area contributed by atoms with Gasteiger partial charge in [-0.1, -0.05) is 31.2 Å². The second-order valence-corrected chi connectivity index (χ2v) is 14.6. The van der Waals surface area contributed by atoms with E-state index in [-0.39, 0.29) is 31.8 Å². The first-order valence-corrected chi connectivity index (χ1v) is 17.8. The third-order valence-corrected chi connectivity index (χ3v) is 10.2. The van der Waals surface area contributed by atoms with Gasteiger partial charge in [0.15, 0.2) is 12.6 Å². The Labute approximate surface area is 297 Å². The van der Waals surface area contributed by atoms with E-state index in [4.69, 9.17) is 33.2 Å². The third-order valence-electron chi connectivity index (χ3n) is 10.2. The Balaban J connectivity index is 1.97. The number of carbonyl (C=O) groups is 1. The van der Waals surface area contributed by atoms with Gasteiger partial charge in [-0.05, 0) is 66.5 Å². The first-order valence-electron chi connectivity index (χ1n) is 17.8. The van der Waals surface area contributed by atoms with Gasteiger partial charge in [0.1, 0.15) is 30.5 Å². The van der Waals surface area contributed by atoms with Crippen LogP contribution in [0.3, 0.4) is 0 Å². The molecule has 3 heterocycles. The van der Waals surface area contributed by atoms with E-state index >= 15 is 0 Å². The molecular formula is C36H63NO13. The number of hydrogen-bond donors (Lipinski definition) is 5. The van der Waals surface area contributed by atoms with Gasteiger partial charge in [-0.25, -0.2) is 0 Å². The van der Waals surface area contributed by atoms with E-state index in [1.54, 1.807) is 58.0 Å². The lowest BCUT2D eigenvalue weighted by atomic mass is 9.82. The summed E-state index contributed by atoms with van der Waals surface area (Å²) in [5.74, 6) is -1.19. The largest absolute Gasteiger partial charge is 0.462 e. The molecule has 0 bridgehead atoms. The minimum atomic E-state index is -1.44. The Morgan fingerprint density at radius 1 is 0.960 bits per heavy atom. The predicted molar refractivity (Wildman–Crippen MR) is 183 cm³/mol. The molecule has 50 heavy (non-hydrogen) atoms. The van der Waals surface area contributed by atoms with Crippen molar-refractivity contribution in [2.45, 2.75) is 152 Å². The van der Waals surface area contributed by atoms with Crippen molar-refractivity contribution in [3.63, 3.8) is 0 Å². The molecule has 290 valence electrons. The fourth-order valence-corrected chi connectivity index (χ4v) is 7.33. The van der Waals surface area contributed by atoms with E-state index in [0.29, 0.717) is 12.8 Å². The highest BCUT2D eigenvalue weighted by atomic mass is 16.7. The van der Waals surface area contributed by atoms with Gasteiger partial charge in [0.2, 0.25) is 0 Å². The number of rotatable bonds is 9. The number of nitrogens with zero attached hydrogens (tertiary/aromatic N) is 1. The van der Waals surface area contributed by atoms with Crippen LogP contribution in [-0.2, 0) is 38.0 Å². The van der Waals surface area contributed by atoms with E-state index < -0.39 is 97.1 Å². The monoisotopic (exact) mass is 717 g/mol. The van der Waals surface area contributed by atoms with Crippen LogP contribution in [0.1, 0.15) is 66.7 Å². The molecule has 0 aromatic heterocycles. The summed E-state index contributed by atoms with van der Waals surface area (Å²) < 4.78 is 42.7. The van der Waals surface area contributed by atoms with Gasteiger partial charge in [-0.15, -0.1) is 0 Å². The van der Waals surface area contributed by atoms with Crippen LogP contribution in [0.25, 0.3) is 0 Å². The molecular weight excluding hydrogens is 654 g/mol. The number of aliphatic hydroxyl groups excluding tert-OH is 4. The van der Waals surface area contributed by atoms with Gasteiger partial charge in [0.05, 0.1) is 48.6 Å². The molecule has 14 nitrogen and oxygen atoms in total. The van der Waals surface area contributed by atoms with Crippen LogP contribution in [0, 0.1) is 11.8 Å². The summed E-state index contributed by atoms with van der Waals surface area (Å²) in [7, 11) is 6.53. The van der Waals surface area contributed by atoms with Gasteiger partial charge in [0.25, 0.3) is 0 Å². The standard InChI is InChI=1S/C36H63NO13/c1-20-17-24(15-16-38)32(33(45-9)26(44-8)18-27(40)46-21(2)13-11-10-12-14-25(20)39)50-35-30(41)29(37(6)7)31(22(3)48-35)49-28-19-36(5,43)34(42)23(4)47-28/h10-12,14,20-26,28-35,38-39,41-43H,13,15-19H2,1-9H3/b11-10+,14-12+/t20-,21-,22+,23+,24-,25-,26+,28+,29+,30+,31-,32-,33+,34+,35-,36+/m0/s1. The molecule has 14 heteroatoms. The fraction of sp³-hybridized carbons (Fsp3) is 0.861. The summed E-state index contributed by atoms with van der Waals surface area (Å²) in [6.07, 6.45) is -2.22.